The van der Waals surface area contributed by atoms with E-state index in [0.29, 0.717) is 5.92 Å². The van der Waals surface area contributed by atoms with Gasteiger partial charge in [0.2, 0.25) is 0 Å². The molecule has 1 aliphatic carbocycles. The molecular formula is C26H30N2. The van der Waals surface area contributed by atoms with Crippen LogP contribution in [0.2, 0.25) is 0 Å². The minimum Gasteiger partial charge on any atom is -0.236 e. The van der Waals surface area contributed by atoms with Crippen molar-refractivity contribution in [2.75, 3.05) is 0 Å². The predicted molar refractivity (Wildman–Crippen MR) is 117 cm³/mol. The van der Waals surface area contributed by atoms with E-state index < -0.39 is 0 Å². The fourth-order valence-corrected chi connectivity index (χ4v) is 4.21. The van der Waals surface area contributed by atoms with Crippen LogP contribution in [0.1, 0.15) is 68.9 Å². The molecule has 1 aliphatic rings. The standard InChI is InChI=1S/C26H30N2/c1-2-3-4-7-20-10-12-22(13-11-20)23-14-16-24(17-15-23)26-27-18-25(19-28-26)21-8-5-6-9-21/h10-19,21H,2-9H2,1H3. The van der Waals surface area contributed by atoms with Crippen molar-refractivity contribution in [1.82, 2.24) is 9.97 Å². The van der Waals surface area contributed by atoms with Crippen molar-refractivity contribution in [3.05, 3.63) is 72.1 Å². The predicted octanol–water partition coefficient (Wildman–Crippen LogP) is 7.20. The van der Waals surface area contributed by atoms with Gasteiger partial charge in [0, 0.05) is 18.0 Å². The van der Waals surface area contributed by atoms with E-state index in [1.807, 2.05) is 12.4 Å². The third-order valence-electron chi connectivity index (χ3n) is 6.00. The average Bonchev–Trinajstić information content (AvgIpc) is 3.30. The Morgan fingerprint density at radius 3 is 1.93 bits per heavy atom. The highest BCUT2D eigenvalue weighted by molar-refractivity contribution is 5.67. The molecule has 0 spiro atoms. The Bertz CT molecular complexity index is 858. The number of benzene rings is 2. The fourth-order valence-electron chi connectivity index (χ4n) is 4.21. The lowest BCUT2D eigenvalue weighted by Gasteiger charge is -2.09. The van der Waals surface area contributed by atoms with Gasteiger partial charge in [-0.25, -0.2) is 9.97 Å². The summed E-state index contributed by atoms with van der Waals surface area (Å²) in [5.74, 6) is 1.49. The van der Waals surface area contributed by atoms with Crippen molar-refractivity contribution in [2.24, 2.45) is 0 Å². The molecule has 1 fully saturated rings. The van der Waals surface area contributed by atoms with Crippen LogP contribution in [0.15, 0.2) is 60.9 Å². The highest BCUT2D eigenvalue weighted by Crippen LogP contribution is 2.33. The first-order chi connectivity index (χ1) is 13.8. The van der Waals surface area contributed by atoms with Crippen molar-refractivity contribution < 1.29 is 0 Å². The molecule has 1 heterocycles. The monoisotopic (exact) mass is 370 g/mol. The number of unbranched alkanes of at least 4 members (excludes halogenated alkanes) is 2. The summed E-state index contributed by atoms with van der Waals surface area (Å²) in [6.45, 7) is 2.25. The first-order valence-electron chi connectivity index (χ1n) is 10.8. The summed E-state index contributed by atoms with van der Waals surface area (Å²) in [5.41, 5.74) is 6.33. The van der Waals surface area contributed by atoms with Crippen LogP contribution in [-0.2, 0) is 6.42 Å². The van der Waals surface area contributed by atoms with Gasteiger partial charge in [0.25, 0.3) is 0 Å². The molecule has 144 valence electrons. The topological polar surface area (TPSA) is 25.8 Å². The number of aryl methyl sites for hydroxylation is 1. The van der Waals surface area contributed by atoms with Crippen LogP contribution < -0.4 is 0 Å². The molecule has 0 amide bonds. The van der Waals surface area contributed by atoms with Gasteiger partial charge >= 0.3 is 0 Å². The van der Waals surface area contributed by atoms with Gasteiger partial charge in [0.15, 0.2) is 5.82 Å². The Morgan fingerprint density at radius 1 is 0.750 bits per heavy atom. The Morgan fingerprint density at radius 2 is 1.32 bits per heavy atom. The highest BCUT2D eigenvalue weighted by Gasteiger charge is 2.17. The van der Waals surface area contributed by atoms with E-state index in [0.717, 1.165) is 11.4 Å². The van der Waals surface area contributed by atoms with E-state index in [4.69, 9.17) is 0 Å². The van der Waals surface area contributed by atoms with Gasteiger partial charge in [0.05, 0.1) is 0 Å². The first-order valence-corrected chi connectivity index (χ1v) is 10.8. The van der Waals surface area contributed by atoms with E-state index in [-0.39, 0.29) is 0 Å². The molecule has 0 saturated heterocycles. The Kier molecular flexibility index (Phi) is 6.16. The van der Waals surface area contributed by atoms with Gasteiger partial charge in [-0.15, -0.1) is 0 Å². The molecule has 1 saturated carbocycles. The van der Waals surface area contributed by atoms with Crippen molar-refractivity contribution >= 4 is 0 Å². The second kappa shape index (κ2) is 9.14. The molecule has 0 bridgehead atoms. The minimum absolute atomic E-state index is 0.668. The van der Waals surface area contributed by atoms with Gasteiger partial charge in [-0.3, -0.25) is 0 Å². The first kappa shape index (κ1) is 18.9. The molecule has 3 aromatic rings. The quantitative estimate of drug-likeness (QED) is 0.411. The summed E-state index contributed by atoms with van der Waals surface area (Å²) >= 11 is 0. The number of nitrogens with zero attached hydrogens (tertiary/aromatic N) is 2. The van der Waals surface area contributed by atoms with E-state index in [2.05, 4.69) is 65.4 Å². The van der Waals surface area contributed by atoms with Gasteiger partial charge in [-0.2, -0.15) is 0 Å². The summed E-state index contributed by atoms with van der Waals surface area (Å²) in [7, 11) is 0. The maximum absolute atomic E-state index is 4.63. The second-order valence-corrected chi connectivity index (χ2v) is 8.05. The maximum Gasteiger partial charge on any atom is 0.159 e. The van der Waals surface area contributed by atoms with Crippen LogP contribution >= 0.6 is 0 Å². The zero-order chi connectivity index (χ0) is 19.2. The summed E-state index contributed by atoms with van der Waals surface area (Å²) in [6.07, 6.45) is 14.4. The lowest BCUT2D eigenvalue weighted by Crippen LogP contribution is -1.96. The molecule has 0 radical (unpaired) electrons. The average molecular weight is 371 g/mol. The van der Waals surface area contributed by atoms with Gasteiger partial charge in [-0.1, -0.05) is 81.1 Å². The van der Waals surface area contributed by atoms with Gasteiger partial charge in [-0.05, 0) is 53.9 Å². The number of hydrogen-bond acceptors (Lipinski definition) is 2. The SMILES string of the molecule is CCCCCc1ccc(-c2ccc(-c3ncc(C4CCCC4)cn3)cc2)cc1. The van der Waals surface area contributed by atoms with Crippen LogP contribution in [-0.4, -0.2) is 9.97 Å². The summed E-state index contributed by atoms with van der Waals surface area (Å²) in [5, 5.41) is 0. The van der Waals surface area contributed by atoms with Crippen LogP contribution in [0.4, 0.5) is 0 Å². The normalized spacial score (nSPS) is 14.5. The van der Waals surface area contributed by atoms with Crippen molar-refractivity contribution in [3.8, 4) is 22.5 Å². The zero-order valence-electron chi connectivity index (χ0n) is 16.9. The lowest BCUT2D eigenvalue weighted by molar-refractivity contribution is 0.714. The zero-order valence-corrected chi connectivity index (χ0v) is 16.9. The molecule has 0 aliphatic heterocycles. The molecule has 1 aromatic heterocycles. The molecule has 0 N–H and O–H groups in total. The van der Waals surface area contributed by atoms with E-state index in [1.54, 1.807) is 0 Å². The molecule has 28 heavy (non-hydrogen) atoms. The molecule has 2 heteroatoms. The van der Waals surface area contributed by atoms with Crippen molar-refractivity contribution in [2.45, 2.75) is 64.2 Å². The summed E-state index contributed by atoms with van der Waals surface area (Å²) in [6, 6.07) is 17.6. The van der Waals surface area contributed by atoms with Gasteiger partial charge in [0.1, 0.15) is 0 Å². The molecule has 0 unspecified atom stereocenters. The Hall–Kier alpha value is -2.48. The number of aromatic nitrogens is 2. The van der Waals surface area contributed by atoms with Crippen molar-refractivity contribution in [3.63, 3.8) is 0 Å². The lowest BCUT2D eigenvalue weighted by atomic mass is 10.00. The van der Waals surface area contributed by atoms with E-state index >= 15 is 0 Å². The van der Waals surface area contributed by atoms with E-state index in [9.17, 15) is 0 Å². The largest absolute Gasteiger partial charge is 0.236 e. The van der Waals surface area contributed by atoms with E-state index in [1.165, 1.54) is 73.6 Å². The summed E-state index contributed by atoms with van der Waals surface area (Å²) in [4.78, 5) is 9.26. The van der Waals surface area contributed by atoms with Crippen molar-refractivity contribution in [1.29, 1.82) is 0 Å². The third-order valence-corrected chi connectivity index (χ3v) is 6.00. The smallest absolute Gasteiger partial charge is 0.159 e. The minimum atomic E-state index is 0.668. The fraction of sp³-hybridized carbons (Fsp3) is 0.385. The molecule has 4 rings (SSSR count). The number of hydrogen-bond donors (Lipinski definition) is 0. The number of rotatable bonds is 7. The maximum atomic E-state index is 4.63. The van der Waals surface area contributed by atoms with Crippen LogP contribution in [0.3, 0.4) is 0 Å². The molecule has 0 atom stereocenters. The highest BCUT2D eigenvalue weighted by atomic mass is 14.9. The van der Waals surface area contributed by atoms with Crippen LogP contribution in [0, 0.1) is 0 Å². The van der Waals surface area contributed by atoms with Crippen LogP contribution in [0.5, 0.6) is 0 Å². The Balaban J connectivity index is 1.43. The molecule has 2 aromatic carbocycles. The third kappa shape index (κ3) is 4.49. The molecule has 2 nitrogen and oxygen atoms in total. The molecular weight excluding hydrogens is 340 g/mol. The Labute approximate surface area is 169 Å². The van der Waals surface area contributed by atoms with Crippen LogP contribution in [0.25, 0.3) is 22.5 Å². The summed E-state index contributed by atoms with van der Waals surface area (Å²) < 4.78 is 0. The van der Waals surface area contributed by atoms with Gasteiger partial charge < -0.3 is 0 Å². The second-order valence-electron chi connectivity index (χ2n) is 8.05.